The van der Waals surface area contributed by atoms with Gasteiger partial charge in [-0.2, -0.15) is 0 Å². The molecule has 2 heterocycles. The number of aliphatic hydroxyl groups is 1. The quantitative estimate of drug-likeness (QED) is 0.588. The van der Waals surface area contributed by atoms with Crippen molar-refractivity contribution in [2.24, 2.45) is 5.41 Å². The van der Waals surface area contributed by atoms with Crippen LogP contribution in [0, 0.1) is 5.41 Å². The fraction of sp³-hybridized carbons (Fsp3) is 0.880. The average Bonchev–Trinajstić information content (AvgIpc) is 2.67. The molecule has 3 aliphatic rings. The molecule has 2 N–H and O–H groups in total. The summed E-state index contributed by atoms with van der Waals surface area (Å²) in [4.78, 5) is 14.7. The van der Waals surface area contributed by atoms with Gasteiger partial charge in [0.1, 0.15) is 0 Å². The van der Waals surface area contributed by atoms with Gasteiger partial charge >= 0.3 is 6.09 Å². The molecule has 2 unspecified atom stereocenters. The molecule has 1 amide bonds. The van der Waals surface area contributed by atoms with E-state index in [1.165, 1.54) is 24.0 Å². The Morgan fingerprint density at radius 2 is 1.63 bits per heavy atom. The molecule has 2 saturated heterocycles. The molecule has 1 aliphatic carbocycles. The van der Waals surface area contributed by atoms with E-state index in [-0.39, 0.29) is 28.6 Å². The Morgan fingerprint density at radius 1 is 1.07 bits per heavy atom. The molecular weight excluding hydrogens is 376 g/mol. The zero-order chi connectivity index (χ0) is 22.8. The number of cyclic esters (lactones) is 1. The molecule has 172 valence electrons. The molecule has 0 radical (unpaired) electrons. The number of nitrogens with zero attached hydrogens (tertiary/aromatic N) is 1. The summed E-state index contributed by atoms with van der Waals surface area (Å²) >= 11 is 0. The summed E-state index contributed by atoms with van der Waals surface area (Å²) in [7, 11) is 0. The third kappa shape index (κ3) is 4.17. The van der Waals surface area contributed by atoms with E-state index in [0.29, 0.717) is 6.42 Å². The van der Waals surface area contributed by atoms with E-state index in [2.05, 4.69) is 53.8 Å². The van der Waals surface area contributed by atoms with Crippen LogP contribution in [0.5, 0.6) is 0 Å². The van der Waals surface area contributed by atoms with Gasteiger partial charge in [-0.15, -0.1) is 0 Å². The Balaban J connectivity index is 1.83. The average molecular weight is 421 g/mol. The Hall–Kier alpha value is -1.07. The molecule has 0 aromatic heterocycles. The Bertz CT molecular complexity index is 719. The van der Waals surface area contributed by atoms with E-state index in [9.17, 15) is 9.90 Å². The first-order chi connectivity index (χ1) is 13.5. The van der Waals surface area contributed by atoms with Crippen LogP contribution in [0.3, 0.4) is 0 Å². The maximum Gasteiger partial charge on any atom is 0.413 e. The summed E-state index contributed by atoms with van der Waals surface area (Å²) in [6.45, 7) is 19.2. The summed E-state index contributed by atoms with van der Waals surface area (Å²) < 4.78 is 5.95. The first-order valence-electron chi connectivity index (χ1n) is 11.7. The predicted octanol–water partition coefficient (Wildman–Crippen LogP) is 5.52. The summed E-state index contributed by atoms with van der Waals surface area (Å²) in [5.41, 5.74) is 0.624. The van der Waals surface area contributed by atoms with E-state index in [4.69, 9.17) is 4.74 Å². The maximum absolute atomic E-state index is 13.1. The number of rotatable bonds is 4. The molecule has 3 rings (SSSR count). The highest BCUT2D eigenvalue weighted by molar-refractivity contribution is 5.72. The molecule has 0 saturated carbocycles. The first kappa shape index (κ1) is 23.6. The molecule has 5 nitrogen and oxygen atoms in total. The summed E-state index contributed by atoms with van der Waals surface area (Å²) in [5, 5.41) is 15.4. The Morgan fingerprint density at radius 3 is 2.17 bits per heavy atom. The van der Waals surface area contributed by atoms with Gasteiger partial charge in [0.15, 0.2) is 11.3 Å². The molecule has 0 aromatic carbocycles. The summed E-state index contributed by atoms with van der Waals surface area (Å²) in [6, 6.07) is -0.0624. The van der Waals surface area contributed by atoms with Gasteiger partial charge < -0.3 is 15.2 Å². The van der Waals surface area contributed by atoms with Crippen molar-refractivity contribution < 1.29 is 14.6 Å². The molecule has 0 aromatic rings. The van der Waals surface area contributed by atoms with Crippen LogP contribution in [0.4, 0.5) is 4.79 Å². The molecule has 0 bridgehead atoms. The van der Waals surface area contributed by atoms with Crippen molar-refractivity contribution in [3.8, 4) is 0 Å². The number of hydrogen-bond acceptors (Lipinski definition) is 4. The smallest absolute Gasteiger partial charge is 0.413 e. The van der Waals surface area contributed by atoms with Crippen LogP contribution in [-0.2, 0) is 4.74 Å². The highest BCUT2D eigenvalue weighted by atomic mass is 16.6. The van der Waals surface area contributed by atoms with Gasteiger partial charge in [0.05, 0.1) is 0 Å². The maximum atomic E-state index is 13.1. The van der Waals surface area contributed by atoms with E-state index in [1.807, 2.05) is 6.92 Å². The van der Waals surface area contributed by atoms with Crippen LogP contribution >= 0.6 is 0 Å². The lowest BCUT2D eigenvalue weighted by atomic mass is 9.70. The minimum Gasteiger partial charge on any atom is -0.438 e. The SMILES string of the molecule is CC1=C(CCC2(C)OC(=O)N(C3CC(C)(C)NC(C)(C)C3)C2(C)O)C(C)(C)CCC1. The third-order valence-corrected chi connectivity index (χ3v) is 8.05. The molecule has 5 heteroatoms. The Labute approximate surface area is 183 Å². The second-order valence-electron chi connectivity index (χ2n) is 12.4. The predicted molar refractivity (Wildman–Crippen MR) is 121 cm³/mol. The summed E-state index contributed by atoms with van der Waals surface area (Å²) in [5.74, 6) is 0. The van der Waals surface area contributed by atoms with Crippen LogP contribution in [-0.4, -0.2) is 44.5 Å². The molecule has 2 aliphatic heterocycles. The van der Waals surface area contributed by atoms with Crippen molar-refractivity contribution in [1.82, 2.24) is 10.2 Å². The van der Waals surface area contributed by atoms with Gasteiger partial charge in [-0.1, -0.05) is 25.0 Å². The zero-order valence-corrected chi connectivity index (χ0v) is 20.7. The minimum absolute atomic E-state index is 0.0624. The van der Waals surface area contributed by atoms with Crippen molar-refractivity contribution in [2.75, 3.05) is 0 Å². The normalized spacial score (nSPS) is 36.2. The third-order valence-electron chi connectivity index (χ3n) is 8.05. The fourth-order valence-electron chi connectivity index (χ4n) is 6.60. The molecule has 0 spiro atoms. The van der Waals surface area contributed by atoms with Crippen molar-refractivity contribution in [3.63, 3.8) is 0 Å². The second kappa shape index (κ2) is 7.23. The van der Waals surface area contributed by atoms with E-state index < -0.39 is 11.3 Å². The minimum atomic E-state index is -1.34. The van der Waals surface area contributed by atoms with Gasteiger partial charge in [-0.3, -0.25) is 4.90 Å². The van der Waals surface area contributed by atoms with Crippen molar-refractivity contribution in [2.45, 2.75) is 136 Å². The number of carbonyl (C=O) groups is 1. The highest BCUT2D eigenvalue weighted by Gasteiger charge is 2.62. The number of amides is 1. The number of hydrogen-bond donors (Lipinski definition) is 2. The lowest BCUT2D eigenvalue weighted by molar-refractivity contribution is -0.154. The first-order valence-corrected chi connectivity index (χ1v) is 11.7. The van der Waals surface area contributed by atoms with Gasteiger partial charge in [0.25, 0.3) is 0 Å². The molecular formula is C25H44N2O3. The largest absolute Gasteiger partial charge is 0.438 e. The number of piperidine rings is 1. The fourth-order valence-corrected chi connectivity index (χ4v) is 6.60. The molecule has 2 fully saturated rings. The van der Waals surface area contributed by atoms with Gasteiger partial charge in [0.2, 0.25) is 0 Å². The van der Waals surface area contributed by atoms with Crippen molar-refractivity contribution >= 4 is 6.09 Å². The van der Waals surface area contributed by atoms with Crippen LogP contribution in [0.2, 0.25) is 0 Å². The topological polar surface area (TPSA) is 61.8 Å². The van der Waals surface area contributed by atoms with Gasteiger partial charge in [0, 0.05) is 17.1 Å². The van der Waals surface area contributed by atoms with Crippen LogP contribution in [0.1, 0.15) is 107 Å². The van der Waals surface area contributed by atoms with E-state index in [0.717, 1.165) is 25.7 Å². The number of ether oxygens (including phenoxy) is 1. The van der Waals surface area contributed by atoms with Gasteiger partial charge in [-0.25, -0.2) is 4.79 Å². The standard InChI is InChI=1S/C25H44N2O3/c1-17-11-10-13-21(2,3)19(17)12-14-24(8)25(9,29)27(20(28)30-24)18-15-22(4,5)26-23(6,7)16-18/h18,26,29H,10-16H2,1-9H3. The van der Waals surface area contributed by atoms with E-state index >= 15 is 0 Å². The zero-order valence-electron chi connectivity index (χ0n) is 20.7. The number of carbonyl (C=O) groups excluding carboxylic acids is 1. The number of nitrogens with one attached hydrogen (secondary N) is 1. The van der Waals surface area contributed by atoms with Crippen molar-refractivity contribution in [1.29, 1.82) is 0 Å². The van der Waals surface area contributed by atoms with Gasteiger partial charge in [-0.05, 0) is 98.8 Å². The highest BCUT2D eigenvalue weighted by Crippen LogP contribution is 2.48. The summed E-state index contributed by atoms with van der Waals surface area (Å²) in [6.07, 6.45) is 6.27. The Kier molecular flexibility index (Phi) is 5.69. The van der Waals surface area contributed by atoms with E-state index in [1.54, 1.807) is 11.8 Å². The lowest BCUT2D eigenvalue weighted by Crippen LogP contribution is -2.66. The van der Waals surface area contributed by atoms with Crippen LogP contribution < -0.4 is 5.32 Å². The molecule has 2 atom stereocenters. The number of allylic oxidation sites excluding steroid dienone is 2. The monoisotopic (exact) mass is 420 g/mol. The van der Waals surface area contributed by atoms with Crippen LogP contribution in [0.25, 0.3) is 0 Å². The molecule has 30 heavy (non-hydrogen) atoms. The lowest BCUT2D eigenvalue weighted by Gasteiger charge is -2.51. The van der Waals surface area contributed by atoms with Crippen molar-refractivity contribution in [3.05, 3.63) is 11.1 Å². The van der Waals surface area contributed by atoms with Crippen LogP contribution in [0.15, 0.2) is 11.1 Å². The second-order valence-corrected chi connectivity index (χ2v) is 12.4.